The monoisotopic (exact) mass is 323 g/mol. The van der Waals surface area contributed by atoms with E-state index < -0.39 is 0 Å². The molecule has 2 unspecified atom stereocenters. The normalized spacial score (nSPS) is 18.9. The number of hydrogen-bond acceptors (Lipinski definition) is 3. The van der Waals surface area contributed by atoms with Crippen LogP contribution in [-0.2, 0) is 11.2 Å². The molecule has 3 rings (SSSR count). The van der Waals surface area contributed by atoms with Gasteiger partial charge in [-0.1, -0.05) is 18.2 Å². The van der Waals surface area contributed by atoms with Crippen LogP contribution in [0.15, 0.2) is 30.5 Å². The fraction of sp³-hybridized carbons (Fsp3) is 0.438. The first-order chi connectivity index (χ1) is 10.3. The van der Waals surface area contributed by atoms with Gasteiger partial charge < -0.3 is 20.7 Å². The largest absolute Gasteiger partial charge is 0.394 e. The number of aromatic amines is 1. The van der Waals surface area contributed by atoms with Crippen LogP contribution >= 0.6 is 12.4 Å². The third-order valence-corrected chi connectivity index (χ3v) is 4.08. The maximum atomic E-state index is 12.1. The molecule has 0 spiro atoms. The van der Waals surface area contributed by atoms with Gasteiger partial charge in [-0.15, -0.1) is 12.4 Å². The SMILES string of the molecule is Cl.O=C(NC(CO)Cc1c[nH]c2ccccc12)C1CCCN1. The molecule has 1 aliphatic heterocycles. The predicted molar refractivity (Wildman–Crippen MR) is 89.3 cm³/mol. The van der Waals surface area contributed by atoms with Crippen molar-refractivity contribution in [2.75, 3.05) is 13.2 Å². The summed E-state index contributed by atoms with van der Waals surface area (Å²) in [7, 11) is 0. The van der Waals surface area contributed by atoms with Crippen LogP contribution in [0.5, 0.6) is 0 Å². The van der Waals surface area contributed by atoms with Crippen molar-refractivity contribution in [3.63, 3.8) is 0 Å². The van der Waals surface area contributed by atoms with Crippen molar-refractivity contribution in [2.24, 2.45) is 0 Å². The van der Waals surface area contributed by atoms with Gasteiger partial charge in [-0.05, 0) is 37.4 Å². The average molecular weight is 324 g/mol. The Kier molecular flexibility index (Phi) is 5.83. The van der Waals surface area contributed by atoms with E-state index in [4.69, 9.17) is 0 Å². The molecule has 5 nitrogen and oxygen atoms in total. The topological polar surface area (TPSA) is 77.2 Å². The van der Waals surface area contributed by atoms with E-state index in [9.17, 15) is 9.90 Å². The minimum absolute atomic E-state index is 0. The van der Waals surface area contributed by atoms with Gasteiger partial charge in [-0.3, -0.25) is 4.79 Å². The highest BCUT2D eigenvalue weighted by molar-refractivity contribution is 5.85. The fourth-order valence-electron chi connectivity index (χ4n) is 2.94. The summed E-state index contributed by atoms with van der Waals surface area (Å²) in [5.41, 5.74) is 2.19. The Morgan fingerprint density at radius 3 is 2.95 bits per heavy atom. The van der Waals surface area contributed by atoms with Crippen molar-refractivity contribution >= 4 is 29.2 Å². The molecule has 22 heavy (non-hydrogen) atoms. The number of H-pyrrole nitrogens is 1. The van der Waals surface area contributed by atoms with Gasteiger partial charge in [0.25, 0.3) is 0 Å². The van der Waals surface area contributed by atoms with Crippen LogP contribution in [0.2, 0.25) is 0 Å². The Morgan fingerprint density at radius 1 is 1.41 bits per heavy atom. The number of hydrogen-bond donors (Lipinski definition) is 4. The molecule has 6 heteroatoms. The first kappa shape index (κ1) is 16.8. The van der Waals surface area contributed by atoms with E-state index in [2.05, 4.69) is 21.7 Å². The molecule has 0 saturated carbocycles. The molecule has 0 radical (unpaired) electrons. The lowest BCUT2D eigenvalue weighted by molar-refractivity contribution is -0.123. The van der Waals surface area contributed by atoms with Gasteiger partial charge in [0.05, 0.1) is 18.7 Å². The number of aliphatic hydroxyl groups excluding tert-OH is 1. The number of carbonyl (C=O) groups excluding carboxylic acids is 1. The zero-order valence-electron chi connectivity index (χ0n) is 12.3. The highest BCUT2D eigenvalue weighted by Crippen LogP contribution is 2.19. The number of carbonyl (C=O) groups is 1. The first-order valence-electron chi connectivity index (χ1n) is 7.47. The van der Waals surface area contributed by atoms with E-state index in [0.29, 0.717) is 6.42 Å². The van der Waals surface area contributed by atoms with E-state index >= 15 is 0 Å². The molecule has 0 bridgehead atoms. The number of rotatable bonds is 5. The maximum Gasteiger partial charge on any atom is 0.237 e. The second-order valence-corrected chi connectivity index (χ2v) is 5.60. The molecule has 1 fully saturated rings. The van der Waals surface area contributed by atoms with Gasteiger partial charge in [0.15, 0.2) is 0 Å². The van der Waals surface area contributed by atoms with Gasteiger partial charge in [0, 0.05) is 17.1 Å². The molecule has 2 atom stereocenters. The number of benzene rings is 1. The summed E-state index contributed by atoms with van der Waals surface area (Å²) in [6.45, 7) is 0.836. The van der Waals surface area contributed by atoms with Crippen LogP contribution in [0.25, 0.3) is 10.9 Å². The van der Waals surface area contributed by atoms with Crippen LogP contribution in [0.4, 0.5) is 0 Å². The van der Waals surface area contributed by atoms with Gasteiger partial charge >= 0.3 is 0 Å². The van der Waals surface area contributed by atoms with E-state index in [1.54, 1.807) is 0 Å². The number of amides is 1. The minimum atomic E-state index is -0.251. The molecule has 1 aromatic carbocycles. The molecule has 1 aliphatic rings. The van der Waals surface area contributed by atoms with Crippen molar-refractivity contribution < 1.29 is 9.90 Å². The number of fused-ring (bicyclic) bond motifs is 1. The lowest BCUT2D eigenvalue weighted by Crippen LogP contribution is -2.47. The average Bonchev–Trinajstić information content (AvgIpc) is 3.16. The van der Waals surface area contributed by atoms with Crippen LogP contribution in [0.1, 0.15) is 18.4 Å². The molecule has 4 N–H and O–H groups in total. The Balaban J connectivity index is 0.00000176. The van der Waals surface area contributed by atoms with Crippen molar-refractivity contribution in [2.45, 2.75) is 31.3 Å². The van der Waals surface area contributed by atoms with Crippen LogP contribution in [0, 0.1) is 0 Å². The van der Waals surface area contributed by atoms with Crippen molar-refractivity contribution in [1.82, 2.24) is 15.6 Å². The third kappa shape index (κ3) is 3.61. The number of halogens is 1. The Morgan fingerprint density at radius 2 is 2.23 bits per heavy atom. The van der Waals surface area contributed by atoms with Gasteiger partial charge in [-0.2, -0.15) is 0 Å². The molecule has 1 aromatic heterocycles. The quantitative estimate of drug-likeness (QED) is 0.671. The highest BCUT2D eigenvalue weighted by atomic mass is 35.5. The van der Waals surface area contributed by atoms with Crippen LogP contribution < -0.4 is 10.6 Å². The number of aliphatic hydroxyl groups is 1. The Hall–Kier alpha value is -1.56. The number of nitrogens with one attached hydrogen (secondary N) is 3. The molecular weight excluding hydrogens is 302 g/mol. The van der Waals surface area contributed by atoms with E-state index in [1.165, 1.54) is 0 Å². The molecule has 2 aromatic rings. The Labute approximate surface area is 135 Å². The second-order valence-electron chi connectivity index (χ2n) is 5.60. The van der Waals surface area contributed by atoms with Crippen molar-refractivity contribution in [1.29, 1.82) is 0 Å². The standard InChI is InChI=1S/C16H21N3O2.ClH/c20-10-12(19-16(21)15-6-3-7-17-15)8-11-9-18-14-5-2-1-4-13(11)14;/h1-2,4-5,9,12,15,17-18,20H,3,6-8,10H2,(H,19,21);1H. The van der Waals surface area contributed by atoms with Crippen molar-refractivity contribution in [3.05, 3.63) is 36.0 Å². The molecule has 0 aliphatic carbocycles. The fourth-order valence-corrected chi connectivity index (χ4v) is 2.94. The summed E-state index contributed by atoms with van der Waals surface area (Å²) in [6.07, 6.45) is 4.48. The lowest BCUT2D eigenvalue weighted by atomic mass is 10.0. The predicted octanol–water partition coefficient (Wildman–Crippen LogP) is 1.36. The van der Waals surface area contributed by atoms with E-state index in [1.807, 2.05) is 24.4 Å². The lowest BCUT2D eigenvalue weighted by Gasteiger charge is -2.19. The smallest absolute Gasteiger partial charge is 0.237 e. The minimum Gasteiger partial charge on any atom is -0.394 e. The molecule has 2 heterocycles. The second kappa shape index (κ2) is 7.63. The summed E-state index contributed by atoms with van der Waals surface area (Å²) in [4.78, 5) is 15.3. The third-order valence-electron chi connectivity index (χ3n) is 4.08. The zero-order valence-corrected chi connectivity index (χ0v) is 13.2. The van der Waals surface area contributed by atoms with E-state index in [0.717, 1.165) is 35.9 Å². The van der Waals surface area contributed by atoms with Gasteiger partial charge in [0.2, 0.25) is 5.91 Å². The molecule has 120 valence electrons. The summed E-state index contributed by atoms with van der Waals surface area (Å²) in [5, 5.41) is 16.8. The van der Waals surface area contributed by atoms with Gasteiger partial charge in [0.1, 0.15) is 0 Å². The number of aromatic nitrogens is 1. The van der Waals surface area contributed by atoms with E-state index in [-0.39, 0.29) is 37.0 Å². The highest BCUT2D eigenvalue weighted by Gasteiger charge is 2.24. The van der Waals surface area contributed by atoms with Crippen molar-refractivity contribution in [3.8, 4) is 0 Å². The number of para-hydroxylation sites is 1. The summed E-state index contributed by atoms with van der Waals surface area (Å²) in [5.74, 6) is -0.00797. The first-order valence-corrected chi connectivity index (χ1v) is 7.47. The Bertz CT molecular complexity index is 623. The zero-order chi connectivity index (χ0) is 14.7. The summed E-state index contributed by atoms with van der Waals surface area (Å²) >= 11 is 0. The maximum absolute atomic E-state index is 12.1. The molecule has 1 amide bonds. The summed E-state index contributed by atoms with van der Waals surface area (Å²) < 4.78 is 0. The molecule has 1 saturated heterocycles. The molecular formula is C16H22ClN3O2. The summed E-state index contributed by atoms with van der Waals surface area (Å²) in [6, 6.07) is 7.69. The van der Waals surface area contributed by atoms with Gasteiger partial charge in [-0.25, -0.2) is 0 Å². The van der Waals surface area contributed by atoms with Crippen LogP contribution in [-0.4, -0.2) is 41.2 Å². The van der Waals surface area contributed by atoms with Crippen LogP contribution in [0.3, 0.4) is 0 Å².